The van der Waals surface area contributed by atoms with Gasteiger partial charge in [-0.3, -0.25) is 0 Å². The summed E-state index contributed by atoms with van der Waals surface area (Å²) in [5, 5.41) is 0. The molecule has 0 amide bonds. The Balaban J connectivity index is 1.38. The minimum atomic E-state index is -1.11. The first kappa shape index (κ1) is 28.2. The summed E-state index contributed by atoms with van der Waals surface area (Å²) in [6.07, 6.45) is 0. The van der Waals surface area contributed by atoms with E-state index in [0.29, 0.717) is 11.3 Å². The number of rotatable bonds is 9. The standard InChI is InChI=1S/C36H32FO3S/c1-26-23-33(41(31-15-9-5-10-16-31)32-17-11-6-12-18-32)24-27(2)35(26)39-25-34(38)40-36(3,28-13-7-4-8-14-28)29-19-21-30(37)22-20-29/h4-24H,25H2,1-3H3/q+1. The maximum atomic E-state index is 13.7. The molecular weight excluding hydrogens is 531 g/mol. The number of carbonyl (C=O) groups is 1. The lowest BCUT2D eigenvalue weighted by Crippen LogP contribution is -2.32. The number of hydrogen-bond donors (Lipinski definition) is 0. The van der Waals surface area contributed by atoms with Crippen LogP contribution in [0.5, 0.6) is 5.75 Å². The number of carbonyl (C=O) groups excluding carboxylic acids is 1. The average molecular weight is 564 g/mol. The summed E-state index contributed by atoms with van der Waals surface area (Å²) in [6, 6.07) is 40.7. The van der Waals surface area contributed by atoms with E-state index >= 15 is 0 Å². The first-order valence-electron chi connectivity index (χ1n) is 13.5. The third-order valence-electron chi connectivity index (χ3n) is 7.00. The fourth-order valence-corrected chi connectivity index (χ4v) is 7.24. The predicted octanol–water partition coefficient (Wildman–Crippen LogP) is 8.42. The molecule has 0 fully saturated rings. The lowest BCUT2D eigenvalue weighted by Gasteiger charge is -2.31. The van der Waals surface area contributed by atoms with Crippen molar-refractivity contribution in [3.63, 3.8) is 0 Å². The van der Waals surface area contributed by atoms with E-state index in [9.17, 15) is 9.18 Å². The summed E-state index contributed by atoms with van der Waals surface area (Å²) in [7, 11) is -0.288. The Morgan fingerprint density at radius 2 is 1.15 bits per heavy atom. The van der Waals surface area contributed by atoms with E-state index in [1.54, 1.807) is 12.1 Å². The second-order valence-corrected chi connectivity index (χ2v) is 12.0. The fourth-order valence-electron chi connectivity index (χ4n) is 4.97. The third-order valence-corrected chi connectivity index (χ3v) is 9.19. The molecule has 5 heteroatoms. The molecule has 0 heterocycles. The first-order chi connectivity index (χ1) is 19.8. The highest BCUT2D eigenvalue weighted by atomic mass is 32.2. The van der Waals surface area contributed by atoms with Crippen LogP contribution in [0.1, 0.15) is 29.2 Å². The van der Waals surface area contributed by atoms with Crippen molar-refractivity contribution in [3.05, 3.63) is 155 Å². The van der Waals surface area contributed by atoms with E-state index in [1.165, 1.54) is 26.8 Å². The Morgan fingerprint density at radius 1 is 0.683 bits per heavy atom. The van der Waals surface area contributed by atoms with Crippen LogP contribution in [0.15, 0.2) is 142 Å². The van der Waals surface area contributed by atoms with Crippen molar-refractivity contribution in [1.29, 1.82) is 0 Å². The van der Waals surface area contributed by atoms with Crippen LogP contribution in [0.25, 0.3) is 0 Å². The Bertz CT molecular complexity index is 1540. The van der Waals surface area contributed by atoms with Crippen LogP contribution in [0.4, 0.5) is 4.39 Å². The van der Waals surface area contributed by atoms with Gasteiger partial charge in [0.25, 0.3) is 0 Å². The van der Waals surface area contributed by atoms with Crippen LogP contribution in [-0.2, 0) is 26.0 Å². The summed E-state index contributed by atoms with van der Waals surface area (Å²) in [5.41, 5.74) is 2.24. The van der Waals surface area contributed by atoms with Crippen molar-refractivity contribution in [2.45, 2.75) is 41.1 Å². The largest absolute Gasteiger partial charge is 0.481 e. The molecule has 0 aliphatic heterocycles. The monoisotopic (exact) mass is 563 g/mol. The Labute approximate surface area is 243 Å². The number of halogens is 1. The zero-order valence-electron chi connectivity index (χ0n) is 23.3. The molecule has 5 aromatic rings. The molecule has 5 rings (SSSR count). The van der Waals surface area contributed by atoms with E-state index < -0.39 is 11.6 Å². The summed E-state index contributed by atoms with van der Waals surface area (Å²) in [5.74, 6) is -0.203. The molecule has 0 N–H and O–H groups in total. The van der Waals surface area contributed by atoms with E-state index in [4.69, 9.17) is 9.47 Å². The highest BCUT2D eigenvalue weighted by Crippen LogP contribution is 2.36. The zero-order chi connectivity index (χ0) is 28.8. The van der Waals surface area contributed by atoms with Crippen molar-refractivity contribution < 1.29 is 18.7 Å². The van der Waals surface area contributed by atoms with Gasteiger partial charge in [0.05, 0.1) is 10.9 Å². The maximum Gasteiger partial charge on any atom is 0.345 e. The van der Waals surface area contributed by atoms with Gasteiger partial charge in [-0.15, -0.1) is 0 Å². The Kier molecular flexibility index (Phi) is 8.55. The van der Waals surface area contributed by atoms with E-state index in [1.807, 2.05) is 63.2 Å². The highest BCUT2D eigenvalue weighted by molar-refractivity contribution is 7.97. The van der Waals surface area contributed by atoms with Crippen molar-refractivity contribution in [2.75, 3.05) is 6.61 Å². The number of ether oxygens (including phenoxy) is 2. The van der Waals surface area contributed by atoms with Gasteiger partial charge in [0.2, 0.25) is 0 Å². The number of benzene rings is 5. The molecule has 1 atom stereocenters. The van der Waals surface area contributed by atoms with Crippen LogP contribution < -0.4 is 4.74 Å². The second kappa shape index (κ2) is 12.4. The van der Waals surface area contributed by atoms with Crippen molar-refractivity contribution in [3.8, 4) is 5.75 Å². The molecule has 3 nitrogen and oxygen atoms in total. The van der Waals surface area contributed by atoms with Crippen LogP contribution in [-0.4, -0.2) is 12.6 Å². The fraction of sp³-hybridized carbons (Fsp3) is 0.139. The van der Waals surface area contributed by atoms with Gasteiger partial charge in [-0.05, 0) is 79.4 Å². The van der Waals surface area contributed by atoms with Crippen molar-refractivity contribution >= 4 is 16.9 Å². The molecule has 41 heavy (non-hydrogen) atoms. The minimum Gasteiger partial charge on any atom is -0.481 e. The lowest BCUT2D eigenvalue weighted by molar-refractivity contribution is -0.157. The molecular formula is C36H32FO3S+. The smallest absolute Gasteiger partial charge is 0.345 e. The van der Waals surface area contributed by atoms with Gasteiger partial charge >= 0.3 is 5.97 Å². The van der Waals surface area contributed by atoms with Gasteiger partial charge < -0.3 is 9.47 Å². The SMILES string of the molecule is Cc1cc([S+](c2ccccc2)c2ccccc2)cc(C)c1OCC(=O)OC(C)(c1ccccc1)c1ccc(F)cc1. The summed E-state index contributed by atoms with van der Waals surface area (Å²) >= 11 is 0. The van der Waals surface area contributed by atoms with Gasteiger partial charge in [0.1, 0.15) is 11.6 Å². The first-order valence-corrected chi connectivity index (χ1v) is 14.7. The second-order valence-electron chi connectivity index (χ2n) is 9.99. The molecule has 0 spiro atoms. The van der Waals surface area contributed by atoms with Crippen LogP contribution in [0.3, 0.4) is 0 Å². The molecule has 206 valence electrons. The molecule has 0 bridgehead atoms. The van der Waals surface area contributed by atoms with E-state index in [0.717, 1.165) is 16.7 Å². The topological polar surface area (TPSA) is 35.5 Å². The number of hydrogen-bond acceptors (Lipinski definition) is 3. The van der Waals surface area contributed by atoms with Crippen LogP contribution in [0, 0.1) is 19.7 Å². The minimum absolute atomic E-state index is 0.256. The predicted molar refractivity (Wildman–Crippen MR) is 162 cm³/mol. The summed E-state index contributed by atoms with van der Waals surface area (Å²) < 4.78 is 25.8. The lowest BCUT2D eigenvalue weighted by atomic mass is 9.88. The highest BCUT2D eigenvalue weighted by Gasteiger charge is 2.34. The molecule has 0 radical (unpaired) electrons. The number of esters is 1. The Hall–Kier alpha value is -4.35. The van der Waals surface area contributed by atoms with E-state index in [-0.39, 0.29) is 23.3 Å². The van der Waals surface area contributed by atoms with Gasteiger partial charge in [0, 0.05) is 12.1 Å². The number of aryl methyl sites for hydroxylation is 2. The molecule has 0 saturated heterocycles. The van der Waals surface area contributed by atoms with Crippen LogP contribution >= 0.6 is 0 Å². The van der Waals surface area contributed by atoms with Crippen molar-refractivity contribution in [2.24, 2.45) is 0 Å². The molecule has 0 aromatic heterocycles. The maximum absolute atomic E-state index is 13.7. The van der Waals surface area contributed by atoms with E-state index in [2.05, 4.69) is 60.7 Å². The summed E-state index contributed by atoms with van der Waals surface area (Å²) in [6.45, 7) is 5.56. The van der Waals surface area contributed by atoms with Crippen molar-refractivity contribution in [1.82, 2.24) is 0 Å². The Morgan fingerprint density at radius 3 is 1.66 bits per heavy atom. The molecule has 1 unspecified atom stereocenters. The molecule has 0 saturated carbocycles. The van der Waals surface area contributed by atoms with Gasteiger partial charge in [-0.2, -0.15) is 0 Å². The normalized spacial score (nSPS) is 12.5. The quantitative estimate of drug-likeness (QED) is 0.133. The third kappa shape index (κ3) is 6.36. The van der Waals surface area contributed by atoms with Gasteiger partial charge in [-0.1, -0.05) is 78.9 Å². The molecule has 0 aliphatic rings. The molecule has 5 aromatic carbocycles. The van der Waals surface area contributed by atoms with Gasteiger partial charge in [0.15, 0.2) is 26.9 Å². The average Bonchev–Trinajstić information content (AvgIpc) is 2.99. The van der Waals surface area contributed by atoms with Crippen LogP contribution in [0.2, 0.25) is 0 Å². The summed E-state index contributed by atoms with van der Waals surface area (Å²) in [4.78, 5) is 16.8. The van der Waals surface area contributed by atoms with Gasteiger partial charge in [-0.25, -0.2) is 9.18 Å². The zero-order valence-corrected chi connectivity index (χ0v) is 24.2. The molecule has 0 aliphatic carbocycles.